The Hall–Kier alpha value is -1.62. The number of esters is 1. The third kappa shape index (κ3) is 3.73. The lowest BCUT2D eigenvalue weighted by atomic mass is 9.96. The van der Waals surface area contributed by atoms with Gasteiger partial charge in [-0.2, -0.15) is 0 Å². The van der Waals surface area contributed by atoms with Gasteiger partial charge in [-0.3, -0.25) is 4.79 Å². The minimum absolute atomic E-state index is 0.164. The first-order chi connectivity index (χ1) is 10.1. The summed E-state index contributed by atoms with van der Waals surface area (Å²) in [6, 6.07) is 8.08. The van der Waals surface area contributed by atoms with Crippen LogP contribution < -0.4 is 0 Å². The molecule has 1 aliphatic rings. The zero-order chi connectivity index (χ0) is 15.3. The van der Waals surface area contributed by atoms with Crippen LogP contribution in [0.4, 0.5) is 0 Å². The Balaban J connectivity index is 2.31. The summed E-state index contributed by atoms with van der Waals surface area (Å²) in [6.07, 6.45) is 6.26. The van der Waals surface area contributed by atoms with E-state index in [0.717, 1.165) is 31.3 Å². The zero-order valence-electron chi connectivity index (χ0n) is 12.1. The molecule has 2 rings (SSSR count). The highest BCUT2D eigenvalue weighted by Crippen LogP contribution is 2.27. The van der Waals surface area contributed by atoms with Crippen LogP contribution in [0, 0.1) is 0 Å². The van der Waals surface area contributed by atoms with Gasteiger partial charge in [-0.25, -0.2) is 8.42 Å². The molecule has 1 unspecified atom stereocenters. The van der Waals surface area contributed by atoms with Gasteiger partial charge in [-0.1, -0.05) is 29.8 Å². The maximum Gasteiger partial charge on any atom is 0.324 e. The second kappa shape index (κ2) is 6.89. The molecule has 1 aromatic rings. The second-order valence-electron chi connectivity index (χ2n) is 5.18. The maximum atomic E-state index is 12.7. The molecule has 0 radical (unpaired) electrons. The van der Waals surface area contributed by atoms with Crippen LogP contribution in [0.3, 0.4) is 0 Å². The van der Waals surface area contributed by atoms with Gasteiger partial charge >= 0.3 is 5.97 Å². The molecule has 0 aliphatic heterocycles. The summed E-state index contributed by atoms with van der Waals surface area (Å²) in [4.78, 5) is 12.1. The Morgan fingerprint density at radius 2 is 1.95 bits per heavy atom. The minimum atomic E-state index is -3.73. The molecule has 0 amide bonds. The van der Waals surface area contributed by atoms with Crippen LogP contribution in [0.5, 0.6) is 0 Å². The number of hydrogen-bond acceptors (Lipinski definition) is 4. The van der Waals surface area contributed by atoms with Crippen molar-refractivity contribution in [3.8, 4) is 0 Å². The van der Waals surface area contributed by atoms with Gasteiger partial charge in [0.2, 0.25) is 0 Å². The van der Waals surface area contributed by atoms with E-state index >= 15 is 0 Å². The minimum Gasteiger partial charge on any atom is -0.468 e. The summed E-state index contributed by atoms with van der Waals surface area (Å²) in [5, 5.41) is -1.16. The molecule has 21 heavy (non-hydrogen) atoms. The Morgan fingerprint density at radius 1 is 1.24 bits per heavy atom. The molecule has 0 fully saturated rings. The van der Waals surface area contributed by atoms with Gasteiger partial charge in [-0.05, 0) is 44.2 Å². The smallest absolute Gasteiger partial charge is 0.324 e. The van der Waals surface area contributed by atoms with Crippen LogP contribution in [-0.4, -0.2) is 26.7 Å². The lowest BCUT2D eigenvalue weighted by molar-refractivity contribution is -0.140. The van der Waals surface area contributed by atoms with Crippen LogP contribution in [0.1, 0.15) is 32.1 Å². The fraction of sp³-hybridized carbons (Fsp3) is 0.438. The largest absolute Gasteiger partial charge is 0.468 e. The molecule has 0 saturated heterocycles. The number of allylic oxidation sites excluding steroid dienone is 2. The lowest BCUT2D eigenvalue weighted by Crippen LogP contribution is -2.32. The number of carbonyl (C=O) groups excluding carboxylic acids is 1. The van der Waals surface area contributed by atoms with Gasteiger partial charge in [0, 0.05) is 0 Å². The predicted octanol–water partition coefficient (Wildman–Crippen LogP) is 2.89. The van der Waals surface area contributed by atoms with Crippen molar-refractivity contribution in [1.82, 2.24) is 0 Å². The molecule has 5 heteroatoms. The summed E-state index contributed by atoms with van der Waals surface area (Å²) in [7, 11) is -2.50. The molecule has 0 heterocycles. The second-order valence-corrected chi connectivity index (χ2v) is 7.31. The third-order valence-corrected chi connectivity index (χ3v) is 5.78. The molecule has 0 aromatic heterocycles. The number of benzene rings is 1. The van der Waals surface area contributed by atoms with E-state index in [1.54, 1.807) is 18.2 Å². The number of carbonyl (C=O) groups is 1. The summed E-state index contributed by atoms with van der Waals surface area (Å²) in [6.45, 7) is 0. The monoisotopic (exact) mass is 308 g/mol. The topological polar surface area (TPSA) is 60.4 Å². The molecule has 0 saturated carbocycles. The number of rotatable bonds is 5. The van der Waals surface area contributed by atoms with Crippen LogP contribution in [0.25, 0.3) is 0 Å². The average molecular weight is 308 g/mol. The van der Waals surface area contributed by atoms with Crippen molar-refractivity contribution >= 4 is 15.8 Å². The highest BCUT2D eigenvalue weighted by molar-refractivity contribution is 7.92. The van der Waals surface area contributed by atoms with Crippen LogP contribution in [0.15, 0.2) is 46.9 Å². The zero-order valence-corrected chi connectivity index (χ0v) is 12.9. The van der Waals surface area contributed by atoms with Crippen molar-refractivity contribution in [1.29, 1.82) is 0 Å². The number of hydrogen-bond donors (Lipinski definition) is 0. The SMILES string of the molecule is COC(=O)C(CC1=CCCCC1)S(=O)(=O)c1ccccc1. The number of methoxy groups -OCH3 is 1. The van der Waals surface area contributed by atoms with Crippen molar-refractivity contribution < 1.29 is 17.9 Å². The molecule has 0 spiro atoms. The van der Waals surface area contributed by atoms with Crippen LogP contribution >= 0.6 is 0 Å². The molecule has 1 aromatic carbocycles. The number of ether oxygens (including phenoxy) is 1. The summed E-state index contributed by atoms with van der Waals surface area (Å²) in [5.41, 5.74) is 1.04. The van der Waals surface area contributed by atoms with E-state index in [1.165, 1.54) is 19.2 Å². The molecule has 0 bridgehead atoms. The average Bonchev–Trinajstić information content (AvgIpc) is 2.53. The third-order valence-electron chi connectivity index (χ3n) is 3.74. The first-order valence-electron chi connectivity index (χ1n) is 7.10. The fourth-order valence-corrected chi connectivity index (χ4v) is 4.20. The van der Waals surface area contributed by atoms with E-state index in [2.05, 4.69) is 6.08 Å². The van der Waals surface area contributed by atoms with Crippen LogP contribution in [0.2, 0.25) is 0 Å². The normalized spacial score (nSPS) is 16.9. The van der Waals surface area contributed by atoms with Crippen LogP contribution in [-0.2, 0) is 19.4 Å². The van der Waals surface area contributed by atoms with E-state index in [1.807, 2.05) is 0 Å². The van der Waals surface area contributed by atoms with Gasteiger partial charge in [0.15, 0.2) is 15.1 Å². The van der Waals surface area contributed by atoms with Gasteiger partial charge < -0.3 is 4.74 Å². The van der Waals surface area contributed by atoms with Crippen molar-refractivity contribution in [2.75, 3.05) is 7.11 Å². The molecular weight excluding hydrogens is 288 g/mol. The quantitative estimate of drug-likeness (QED) is 0.620. The van der Waals surface area contributed by atoms with Gasteiger partial charge in [0.25, 0.3) is 0 Å². The summed E-state index contributed by atoms with van der Waals surface area (Å²) >= 11 is 0. The Morgan fingerprint density at radius 3 is 2.52 bits per heavy atom. The summed E-state index contributed by atoms with van der Waals surface area (Å²) in [5.74, 6) is -0.690. The highest BCUT2D eigenvalue weighted by atomic mass is 32.2. The summed E-state index contributed by atoms with van der Waals surface area (Å²) < 4.78 is 30.1. The van der Waals surface area contributed by atoms with E-state index < -0.39 is 21.1 Å². The number of sulfone groups is 1. The Kier molecular flexibility index (Phi) is 5.17. The van der Waals surface area contributed by atoms with Crippen molar-refractivity contribution in [2.45, 2.75) is 42.2 Å². The molecular formula is C16H20O4S. The first-order valence-corrected chi connectivity index (χ1v) is 8.65. The molecule has 1 aliphatic carbocycles. The van der Waals surface area contributed by atoms with Gasteiger partial charge in [0.05, 0.1) is 12.0 Å². The predicted molar refractivity (Wildman–Crippen MR) is 80.6 cm³/mol. The molecule has 0 N–H and O–H groups in total. The molecule has 114 valence electrons. The highest BCUT2D eigenvalue weighted by Gasteiger charge is 2.35. The molecule has 4 nitrogen and oxygen atoms in total. The van der Waals surface area contributed by atoms with Gasteiger partial charge in [0.1, 0.15) is 0 Å². The van der Waals surface area contributed by atoms with Crippen molar-refractivity contribution in [3.63, 3.8) is 0 Å². The fourth-order valence-electron chi connectivity index (χ4n) is 2.55. The Labute approximate surface area is 125 Å². The van der Waals surface area contributed by atoms with Crippen molar-refractivity contribution in [2.24, 2.45) is 0 Å². The Bertz CT molecular complexity index is 617. The lowest BCUT2D eigenvalue weighted by Gasteiger charge is -2.19. The van der Waals surface area contributed by atoms with E-state index in [4.69, 9.17) is 4.74 Å². The van der Waals surface area contributed by atoms with E-state index in [0.29, 0.717) is 0 Å². The van der Waals surface area contributed by atoms with Crippen molar-refractivity contribution in [3.05, 3.63) is 42.0 Å². The maximum absolute atomic E-state index is 12.7. The van der Waals surface area contributed by atoms with E-state index in [-0.39, 0.29) is 11.3 Å². The standard InChI is InChI=1S/C16H20O4S/c1-20-16(17)15(12-13-8-4-2-5-9-13)21(18,19)14-10-6-3-7-11-14/h3,6-8,10-11,15H,2,4-5,9,12H2,1H3. The van der Waals surface area contributed by atoms with E-state index in [9.17, 15) is 13.2 Å². The van der Waals surface area contributed by atoms with Gasteiger partial charge in [-0.15, -0.1) is 0 Å². The molecule has 1 atom stereocenters. The first kappa shape index (κ1) is 15.8.